The highest BCUT2D eigenvalue weighted by molar-refractivity contribution is 7.86. The zero-order valence-electron chi connectivity index (χ0n) is 34.2. The lowest BCUT2D eigenvalue weighted by Gasteiger charge is -2.30. The van der Waals surface area contributed by atoms with Gasteiger partial charge in [0.1, 0.15) is 24.7 Å². The molecule has 1 amide bonds. The summed E-state index contributed by atoms with van der Waals surface area (Å²) in [4.78, 5) is 13.4. The van der Waals surface area contributed by atoms with Gasteiger partial charge in [-0.3, -0.25) is 23.9 Å². The van der Waals surface area contributed by atoms with Crippen molar-refractivity contribution in [1.82, 2.24) is 10.0 Å². The number of nitrogens with zero attached hydrogens (tertiary/aromatic N) is 2. The molecule has 2 heterocycles. The first-order chi connectivity index (χ1) is 27.5. The Balaban J connectivity index is 1.86. The molecule has 0 aromatic heterocycles. The Hall–Kier alpha value is -3.95. The number of hydrogen-bond acceptors (Lipinski definition) is 11. The number of nitrogens with two attached hydrogens (primary N) is 1. The number of amides is 1. The number of anilines is 1. The van der Waals surface area contributed by atoms with Gasteiger partial charge >= 0.3 is 0 Å². The Morgan fingerprint density at radius 1 is 0.932 bits per heavy atom. The van der Waals surface area contributed by atoms with E-state index in [2.05, 4.69) is 26.2 Å². The molecule has 0 saturated carbocycles. The van der Waals surface area contributed by atoms with Crippen LogP contribution in [-0.2, 0) is 50.7 Å². The van der Waals surface area contributed by atoms with Gasteiger partial charge in [0, 0.05) is 54.9 Å². The Morgan fingerprint density at radius 2 is 1.63 bits per heavy atom. The lowest BCUT2D eigenvalue weighted by molar-refractivity contribution is -0.121. The second kappa shape index (κ2) is 19.6. The van der Waals surface area contributed by atoms with Crippen LogP contribution in [0, 0.1) is 0 Å². The topological polar surface area (TPSA) is 247 Å². The standard InChI is InChI=1S/C40H56N4O12S3/c1-39(2,3)33-27-30(56-36-26-29(15-17-32(33)36)43(22-23-55-5)20-11-25-58(49,50)51)12-9-13-37-40(4,19-10-24-57(46,47)48)34-28-31(59(52,53)54)16-18-35(34)44(37)21-8-6-7-14-38(45)42-41/h9,12-13,15-18,26-28H,6-8,10-11,14,19-25,41H2,1-5H3,(H3-,42,45,46,47,48,49,50,51,52,53,54)/p+1. The van der Waals surface area contributed by atoms with Gasteiger partial charge in [-0.05, 0) is 91.6 Å². The molecule has 2 aliphatic heterocycles. The fraction of sp³-hybridized carbons (Fsp3) is 0.500. The van der Waals surface area contributed by atoms with E-state index in [0.29, 0.717) is 74.0 Å². The molecule has 0 fully saturated rings. The summed E-state index contributed by atoms with van der Waals surface area (Å²) in [6, 6.07) is 12.0. The van der Waals surface area contributed by atoms with Gasteiger partial charge in [-0.1, -0.05) is 33.3 Å². The van der Waals surface area contributed by atoms with Crippen LogP contribution in [0.5, 0.6) is 0 Å². The summed E-state index contributed by atoms with van der Waals surface area (Å²) in [5.74, 6) is 5.13. The third-order valence-corrected chi connectivity index (χ3v) is 12.8. The van der Waals surface area contributed by atoms with E-state index in [0.717, 1.165) is 16.5 Å². The summed E-state index contributed by atoms with van der Waals surface area (Å²) in [5.41, 5.74) is 4.65. The minimum atomic E-state index is -4.59. The van der Waals surface area contributed by atoms with Crippen molar-refractivity contribution in [3.63, 3.8) is 0 Å². The molecular formula is C40H57N4O12S3+. The molecule has 1 aromatic carbocycles. The van der Waals surface area contributed by atoms with Crippen LogP contribution >= 0.6 is 0 Å². The predicted molar refractivity (Wildman–Crippen MR) is 226 cm³/mol. The summed E-state index contributed by atoms with van der Waals surface area (Å²) < 4.78 is 114. The van der Waals surface area contributed by atoms with Crippen molar-refractivity contribution in [2.75, 3.05) is 49.8 Å². The van der Waals surface area contributed by atoms with E-state index in [-0.39, 0.29) is 47.7 Å². The van der Waals surface area contributed by atoms with Gasteiger partial charge in [0.2, 0.25) is 11.3 Å². The molecule has 4 rings (SSSR count). The van der Waals surface area contributed by atoms with Crippen LogP contribution in [0.1, 0.15) is 89.5 Å². The molecule has 1 aliphatic carbocycles. The number of carbonyl (C=O) groups is 1. The quantitative estimate of drug-likeness (QED) is 0.0262. The minimum absolute atomic E-state index is 0.0441. The fourth-order valence-corrected chi connectivity index (χ4v) is 8.96. The van der Waals surface area contributed by atoms with Gasteiger partial charge in [0.15, 0.2) is 6.54 Å². The zero-order chi connectivity index (χ0) is 43.8. The maximum atomic E-state index is 12.3. The first-order valence-electron chi connectivity index (χ1n) is 19.3. The van der Waals surface area contributed by atoms with Gasteiger partial charge in [0.25, 0.3) is 30.4 Å². The molecule has 3 aliphatic rings. The first kappa shape index (κ1) is 47.7. The van der Waals surface area contributed by atoms with Crippen molar-refractivity contribution in [2.45, 2.75) is 88.4 Å². The van der Waals surface area contributed by atoms with Crippen molar-refractivity contribution in [2.24, 2.45) is 5.84 Å². The van der Waals surface area contributed by atoms with Crippen LogP contribution in [-0.4, -0.2) is 89.7 Å². The molecule has 16 nitrogen and oxygen atoms in total. The number of benzene rings is 2. The lowest BCUT2D eigenvalue weighted by Crippen LogP contribution is -2.34. The Kier molecular flexibility index (Phi) is 15.9. The number of ether oxygens (including phenoxy) is 1. The maximum absolute atomic E-state index is 12.3. The number of carbonyl (C=O) groups excluding carboxylic acids is 1. The molecule has 6 N–H and O–H groups in total. The van der Waals surface area contributed by atoms with Crippen LogP contribution in [0.4, 0.5) is 5.69 Å². The van der Waals surface area contributed by atoms with E-state index < -0.39 is 41.5 Å². The average molecular weight is 882 g/mol. The smallest absolute Gasteiger partial charge is 0.294 e. The summed E-state index contributed by atoms with van der Waals surface area (Å²) in [7, 11) is -11.5. The Labute approximate surface area is 347 Å². The molecule has 0 radical (unpaired) electrons. The molecule has 326 valence electrons. The monoisotopic (exact) mass is 881 g/mol. The van der Waals surface area contributed by atoms with Crippen LogP contribution in [0.15, 0.2) is 69.6 Å². The summed E-state index contributed by atoms with van der Waals surface area (Å²) >= 11 is 0. The van der Waals surface area contributed by atoms with Gasteiger partial charge in [0.05, 0.1) is 22.5 Å². The van der Waals surface area contributed by atoms with E-state index in [1.165, 1.54) is 12.1 Å². The van der Waals surface area contributed by atoms with E-state index >= 15 is 0 Å². The van der Waals surface area contributed by atoms with E-state index in [4.69, 9.17) is 15.0 Å². The van der Waals surface area contributed by atoms with E-state index in [9.17, 15) is 43.7 Å². The number of hydrazine groups is 1. The molecule has 1 unspecified atom stereocenters. The molecule has 1 atom stereocenters. The SMILES string of the molecule is COCC[N+](CCCS(=O)(=O)O)=c1ccc2c(C(C)(C)C)cc(/C=C/C=C3/N(CCCCCC(=O)NN)c4ccc(S(=O)(=O)O)cc4C3(C)CCCS(=O)(=O)O)oc-2c1. The van der Waals surface area contributed by atoms with Gasteiger partial charge in [-0.2, -0.15) is 25.3 Å². The second-order valence-electron chi connectivity index (χ2n) is 15.9. The highest BCUT2D eigenvalue weighted by atomic mass is 32.2. The van der Waals surface area contributed by atoms with Crippen LogP contribution in [0.25, 0.3) is 17.4 Å². The molecule has 0 bridgehead atoms. The highest BCUT2D eigenvalue weighted by Crippen LogP contribution is 2.51. The van der Waals surface area contributed by atoms with Crippen molar-refractivity contribution in [1.29, 1.82) is 0 Å². The Bertz CT molecular complexity index is 2420. The summed E-state index contributed by atoms with van der Waals surface area (Å²) in [6.45, 7) is 9.75. The molecule has 1 aromatic rings. The highest BCUT2D eigenvalue weighted by Gasteiger charge is 2.43. The van der Waals surface area contributed by atoms with Gasteiger partial charge < -0.3 is 14.1 Å². The second-order valence-corrected chi connectivity index (χ2v) is 20.5. The summed E-state index contributed by atoms with van der Waals surface area (Å²) in [6.07, 6.45) is 8.00. The van der Waals surface area contributed by atoms with Gasteiger partial charge in [-0.15, -0.1) is 0 Å². The number of nitrogens with one attached hydrogen (secondary N) is 1. The molecule has 59 heavy (non-hydrogen) atoms. The molecular weight excluding hydrogens is 825 g/mol. The molecule has 0 spiro atoms. The number of unbranched alkanes of at least 4 members (excludes halogenated alkanes) is 2. The largest absolute Gasteiger partial charge is 0.456 e. The van der Waals surface area contributed by atoms with Crippen molar-refractivity contribution >= 4 is 48.0 Å². The number of fused-ring (bicyclic) bond motifs is 2. The number of allylic oxidation sites excluding steroid dienone is 3. The summed E-state index contributed by atoms with van der Waals surface area (Å²) in [5, 5.41) is 0.768. The molecule has 19 heteroatoms. The fourth-order valence-electron chi connectivity index (χ4n) is 7.45. The lowest BCUT2D eigenvalue weighted by atomic mass is 9.77. The predicted octanol–water partition coefficient (Wildman–Crippen LogP) is 4.52. The van der Waals surface area contributed by atoms with E-state index in [1.54, 1.807) is 25.3 Å². The zero-order valence-corrected chi connectivity index (χ0v) is 36.6. The minimum Gasteiger partial charge on any atom is -0.456 e. The third-order valence-electron chi connectivity index (χ3n) is 10.4. The number of hydrogen-bond donors (Lipinski definition) is 5. The van der Waals surface area contributed by atoms with Crippen LogP contribution in [0.3, 0.4) is 0 Å². The van der Waals surface area contributed by atoms with Crippen LogP contribution < -0.4 is 26.1 Å². The number of rotatable bonds is 20. The maximum Gasteiger partial charge on any atom is 0.294 e. The molecule has 0 saturated heterocycles. The third kappa shape index (κ3) is 13.3. The van der Waals surface area contributed by atoms with Crippen molar-refractivity contribution in [3.05, 3.63) is 82.6 Å². The Morgan fingerprint density at radius 3 is 2.25 bits per heavy atom. The first-order valence-corrected chi connectivity index (χ1v) is 24.0. The number of methoxy groups -OCH3 is 1. The van der Waals surface area contributed by atoms with Gasteiger partial charge in [-0.25, -0.2) is 10.4 Å². The van der Waals surface area contributed by atoms with E-state index in [1.807, 2.05) is 46.7 Å². The average Bonchev–Trinajstić information content (AvgIpc) is 3.36. The normalized spacial score (nSPS) is 17.6. The van der Waals surface area contributed by atoms with Crippen molar-refractivity contribution < 1.29 is 52.9 Å². The van der Waals surface area contributed by atoms with Crippen LogP contribution in [0.2, 0.25) is 0 Å². The van der Waals surface area contributed by atoms with Crippen molar-refractivity contribution in [3.8, 4) is 11.3 Å².